The van der Waals surface area contributed by atoms with Crippen molar-refractivity contribution in [2.24, 2.45) is 5.73 Å². The zero-order valence-electron chi connectivity index (χ0n) is 8.82. The summed E-state index contributed by atoms with van der Waals surface area (Å²) in [4.78, 5) is 11.0. The van der Waals surface area contributed by atoms with Crippen LogP contribution in [0.5, 0.6) is 0 Å². The van der Waals surface area contributed by atoms with E-state index in [0.29, 0.717) is 26.0 Å². The molecule has 14 heavy (non-hydrogen) atoms. The lowest BCUT2D eigenvalue weighted by Crippen LogP contribution is -2.38. The number of amides is 1. The summed E-state index contributed by atoms with van der Waals surface area (Å²) in [6.45, 7) is 4.66. The zero-order chi connectivity index (χ0) is 11.0. The first kappa shape index (κ1) is 13.4. The maximum absolute atomic E-state index is 11.0. The number of rotatable bonds is 7. The Kier molecular flexibility index (Phi) is 7.37. The Labute approximate surface area is 84.6 Å². The molecule has 0 saturated heterocycles. The van der Waals surface area contributed by atoms with Crippen LogP contribution in [0, 0.1) is 0 Å². The van der Waals surface area contributed by atoms with Gasteiger partial charge in [-0.05, 0) is 20.3 Å². The molecule has 0 aliphatic heterocycles. The molecule has 0 saturated carbocycles. The molecule has 0 heterocycles. The highest BCUT2D eigenvalue weighted by Crippen LogP contribution is 2.01. The van der Waals surface area contributed by atoms with Gasteiger partial charge in [-0.15, -0.1) is 0 Å². The first-order valence-electron chi connectivity index (χ1n) is 4.93. The van der Waals surface area contributed by atoms with Crippen molar-refractivity contribution >= 4 is 5.91 Å². The zero-order valence-corrected chi connectivity index (χ0v) is 8.82. The molecule has 84 valence electrons. The molecule has 0 aromatic heterocycles. The summed E-state index contributed by atoms with van der Waals surface area (Å²) in [5.74, 6) is -0.0494. The fourth-order valence-electron chi connectivity index (χ4n) is 1.02. The van der Waals surface area contributed by atoms with Crippen LogP contribution in [-0.4, -0.2) is 36.5 Å². The molecular formula is C9H20N2O3. The summed E-state index contributed by atoms with van der Waals surface area (Å²) in [7, 11) is 0. The Balaban J connectivity index is 3.61. The lowest BCUT2D eigenvalue weighted by Gasteiger charge is -2.17. The summed E-state index contributed by atoms with van der Waals surface area (Å²) >= 11 is 0. The minimum Gasteiger partial charge on any atom is -0.367 e. The van der Waals surface area contributed by atoms with E-state index >= 15 is 0 Å². The minimum atomic E-state index is -0.977. The highest BCUT2D eigenvalue weighted by atomic mass is 16.6. The van der Waals surface area contributed by atoms with Gasteiger partial charge < -0.3 is 20.9 Å². The third-order valence-electron chi connectivity index (χ3n) is 1.78. The topological polar surface area (TPSA) is 84.6 Å². The second-order valence-corrected chi connectivity index (χ2v) is 3.00. The lowest BCUT2D eigenvalue weighted by molar-refractivity contribution is -0.123. The Morgan fingerprint density at radius 3 is 2.71 bits per heavy atom. The Bertz CT molecular complexity index is 164. The molecule has 0 aromatic rings. The normalized spacial score (nSPS) is 14.9. The average Bonchev–Trinajstić information content (AvgIpc) is 2.15. The van der Waals surface area contributed by atoms with Crippen molar-refractivity contribution < 1.29 is 14.6 Å². The van der Waals surface area contributed by atoms with Gasteiger partial charge in [0, 0.05) is 19.6 Å². The van der Waals surface area contributed by atoms with Crippen molar-refractivity contribution in [1.29, 1.82) is 0 Å². The summed E-state index contributed by atoms with van der Waals surface area (Å²) in [6, 6.07) is -0.502. The molecule has 0 fully saturated rings. The number of hydrogen-bond acceptors (Lipinski definition) is 4. The Hall–Kier alpha value is -0.650. The van der Waals surface area contributed by atoms with Gasteiger partial charge in [-0.1, -0.05) is 0 Å². The number of hydrogen-bond donors (Lipinski definition) is 3. The lowest BCUT2D eigenvalue weighted by atomic mass is 10.1. The first-order valence-corrected chi connectivity index (χ1v) is 4.93. The van der Waals surface area contributed by atoms with Crippen LogP contribution >= 0.6 is 0 Å². The van der Waals surface area contributed by atoms with Gasteiger partial charge >= 0.3 is 0 Å². The van der Waals surface area contributed by atoms with Gasteiger partial charge in [0.05, 0.1) is 6.04 Å². The highest BCUT2D eigenvalue weighted by Gasteiger charge is 2.15. The summed E-state index contributed by atoms with van der Waals surface area (Å²) in [5.41, 5.74) is 5.59. The molecule has 1 amide bonds. The van der Waals surface area contributed by atoms with E-state index in [-0.39, 0.29) is 5.91 Å². The van der Waals surface area contributed by atoms with Crippen LogP contribution in [0.15, 0.2) is 0 Å². The van der Waals surface area contributed by atoms with E-state index in [1.54, 1.807) is 6.92 Å². The van der Waals surface area contributed by atoms with Gasteiger partial charge in [-0.25, -0.2) is 0 Å². The van der Waals surface area contributed by atoms with Crippen molar-refractivity contribution in [1.82, 2.24) is 5.32 Å². The predicted molar refractivity (Wildman–Crippen MR) is 53.5 cm³/mol. The SMILES string of the molecule is CCNC(=O)CCC(N)C(O)OCC. The number of ether oxygens (including phenoxy) is 1. The molecular weight excluding hydrogens is 184 g/mol. The van der Waals surface area contributed by atoms with Crippen molar-refractivity contribution in [3.05, 3.63) is 0 Å². The fourth-order valence-corrected chi connectivity index (χ4v) is 1.02. The Morgan fingerprint density at radius 1 is 1.57 bits per heavy atom. The van der Waals surface area contributed by atoms with Crippen molar-refractivity contribution in [3.8, 4) is 0 Å². The molecule has 0 aliphatic carbocycles. The summed E-state index contributed by atoms with van der Waals surface area (Å²) in [5, 5.41) is 11.9. The molecule has 0 spiro atoms. The second-order valence-electron chi connectivity index (χ2n) is 3.00. The number of aliphatic hydroxyl groups is 1. The van der Waals surface area contributed by atoms with Gasteiger partial charge in [0.25, 0.3) is 0 Å². The van der Waals surface area contributed by atoms with Gasteiger partial charge in [0.15, 0.2) is 6.29 Å². The Morgan fingerprint density at radius 2 is 2.21 bits per heavy atom. The van der Waals surface area contributed by atoms with E-state index in [1.807, 2.05) is 6.92 Å². The highest BCUT2D eigenvalue weighted by molar-refractivity contribution is 5.75. The van der Waals surface area contributed by atoms with Crippen LogP contribution in [0.4, 0.5) is 0 Å². The number of carbonyl (C=O) groups excluding carboxylic acids is 1. The van der Waals surface area contributed by atoms with Crippen LogP contribution in [0.1, 0.15) is 26.7 Å². The van der Waals surface area contributed by atoms with Crippen LogP contribution < -0.4 is 11.1 Å². The van der Waals surface area contributed by atoms with Crippen molar-refractivity contribution in [2.75, 3.05) is 13.2 Å². The smallest absolute Gasteiger partial charge is 0.220 e. The first-order chi connectivity index (χ1) is 6.61. The standard InChI is InChI=1S/C9H20N2O3/c1-3-11-8(12)6-5-7(10)9(13)14-4-2/h7,9,13H,3-6,10H2,1-2H3,(H,11,12). The predicted octanol–water partition coefficient (Wildman–Crippen LogP) is -0.415. The minimum absolute atomic E-state index is 0.0494. The van der Waals surface area contributed by atoms with E-state index in [1.165, 1.54) is 0 Å². The molecule has 4 N–H and O–H groups in total. The average molecular weight is 204 g/mol. The van der Waals surface area contributed by atoms with Crippen LogP contribution in [0.3, 0.4) is 0 Å². The van der Waals surface area contributed by atoms with E-state index in [0.717, 1.165) is 0 Å². The second kappa shape index (κ2) is 7.73. The van der Waals surface area contributed by atoms with Crippen molar-refractivity contribution in [3.63, 3.8) is 0 Å². The van der Waals surface area contributed by atoms with Crippen LogP contribution in [0.25, 0.3) is 0 Å². The van der Waals surface area contributed by atoms with Crippen LogP contribution in [-0.2, 0) is 9.53 Å². The van der Waals surface area contributed by atoms with E-state index in [9.17, 15) is 9.90 Å². The van der Waals surface area contributed by atoms with E-state index in [4.69, 9.17) is 10.5 Å². The molecule has 2 atom stereocenters. The van der Waals surface area contributed by atoms with E-state index in [2.05, 4.69) is 5.32 Å². The number of carbonyl (C=O) groups is 1. The summed E-state index contributed by atoms with van der Waals surface area (Å²) in [6.07, 6.45) is -0.235. The molecule has 5 nitrogen and oxygen atoms in total. The maximum Gasteiger partial charge on any atom is 0.220 e. The fraction of sp³-hybridized carbons (Fsp3) is 0.889. The van der Waals surface area contributed by atoms with Gasteiger partial charge in [0.2, 0.25) is 5.91 Å². The van der Waals surface area contributed by atoms with Crippen LogP contribution in [0.2, 0.25) is 0 Å². The molecule has 0 bridgehead atoms. The number of nitrogens with one attached hydrogen (secondary N) is 1. The third kappa shape index (κ3) is 5.90. The van der Waals surface area contributed by atoms with Gasteiger partial charge in [-0.3, -0.25) is 4.79 Å². The van der Waals surface area contributed by atoms with Gasteiger partial charge in [-0.2, -0.15) is 0 Å². The molecule has 5 heteroatoms. The number of nitrogens with two attached hydrogens (primary N) is 1. The molecule has 0 rings (SSSR count). The molecule has 2 unspecified atom stereocenters. The molecule has 0 aromatic carbocycles. The monoisotopic (exact) mass is 204 g/mol. The maximum atomic E-state index is 11.0. The van der Waals surface area contributed by atoms with E-state index < -0.39 is 12.3 Å². The quantitative estimate of drug-likeness (QED) is 0.492. The molecule has 0 radical (unpaired) electrons. The summed E-state index contributed by atoms with van der Waals surface area (Å²) < 4.78 is 4.89. The number of aliphatic hydroxyl groups excluding tert-OH is 1. The van der Waals surface area contributed by atoms with Crippen molar-refractivity contribution in [2.45, 2.75) is 39.0 Å². The largest absolute Gasteiger partial charge is 0.367 e. The van der Waals surface area contributed by atoms with Gasteiger partial charge in [0.1, 0.15) is 0 Å². The third-order valence-corrected chi connectivity index (χ3v) is 1.78. The molecule has 0 aliphatic rings.